The van der Waals surface area contributed by atoms with E-state index < -0.39 is 0 Å². The van der Waals surface area contributed by atoms with E-state index in [1.807, 2.05) is 224 Å². The number of quaternary nitrogens is 1. The zero-order valence-corrected chi connectivity index (χ0v) is 89.5. The Morgan fingerprint density at radius 1 is 0.266 bits per heavy atom. The molecule has 0 aliphatic carbocycles. The summed E-state index contributed by atoms with van der Waals surface area (Å²) in [6.45, 7) is 36.4. The molecule has 0 saturated carbocycles. The zero-order valence-electron chi connectivity index (χ0n) is 82.3. The smallest absolute Gasteiger partial charge is 0.505 e. The SMILES string of the molecule is Cc1cc(CN(CCN(C)C)Cc2cccc(-n3c4ccccc4c4ccccc43)c2O)c(O)c(-n2c3ccccc3c3ccccc32)c1.Cc1cc(C[N+]2(Cc3cc(C)cc(-n4c5ccccc5c5ccccc54)c3O)[CH-]N(C)CC2)c(O)c(-n2c3ccccc3c3ccccc32)c1.[CH2-]c1ccccc1.[CH2-]c1ccccc1.[CH2-]c1ccccc1.[CH2-]c1ccccc1.[CH2-]c1ccccc1.[CH2-]c1ccccc1.[Hf+4].[Hf+4]. The topological polar surface area (TPSA) is 110 Å². The van der Waals surface area contributed by atoms with Crippen molar-refractivity contribution in [2.24, 2.45) is 0 Å². The van der Waals surface area contributed by atoms with E-state index in [0.29, 0.717) is 42.2 Å². The number of phenols is 4. The fourth-order valence-electron chi connectivity index (χ4n) is 18.8. The van der Waals surface area contributed by atoms with Crippen LogP contribution in [0.4, 0.5) is 0 Å². The van der Waals surface area contributed by atoms with E-state index in [4.69, 9.17) is 0 Å². The van der Waals surface area contributed by atoms with Gasteiger partial charge in [-0.1, -0.05) is 207 Å². The maximum absolute atomic E-state index is 12.2. The van der Waals surface area contributed by atoms with Crippen molar-refractivity contribution in [3.8, 4) is 45.7 Å². The summed E-state index contributed by atoms with van der Waals surface area (Å²) in [7, 11) is 6.26. The number of benzene rings is 18. The number of aromatic hydroxyl groups is 4. The number of nitrogens with zero attached hydrogens (tertiary/aromatic N) is 8. The van der Waals surface area contributed by atoms with Crippen LogP contribution in [0, 0.1) is 69.0 Å². The van der Waals surface area contributed by atoms with Crippen molar-refractivity contribution in [1.82, 2.24) is 33.0 Å². The molecule has 143 heavy (non-hydrogen) atoms. The molecule has 1 aliphatic rings. The second kappa shape index (κ2) is 49.0. The number of fused-ring (bicyclic) bond motifs is 12. The standard InChI is InChI=1S/C44H40N4O2.C43H40N4O2.6C7H7.2Hf/c1-29-22-31(43(49)41(24-29)46-37-16-8-4-12-33(37)34-13-5-9-17-38(34)46)26-48(21-20-45(3)28-48)27-32-23-30(2)25-42(44(32)50)47-39-18-10-6-14-35(39)36-15-7-11-19-40(36)47;1-29-25-31(43(49)41(26-29)47-38-20-10-6-16-34(38)35-17-7-11-21-39(35)47)28-45(24-23-44(2)3)27-30-13-12-22-40(42(30)48)46-36-18-8-4-14-32(36)33-15-5-9-19-37(33)46;6*1-7-5-3-2-4-6-7;;/h4-19,22-25,28,49-50H,20-21,26-27H2,1-3H3;4-22,25-26,48-49H,23-24,27-28H2,1-3H3;6*2-6H,1H2;;/q;;6*-1;2*+4. The first-order chi connectivity index (χ1) is 68.5. The van der Waals surface area contributed by atoms with Crippen molar-refractivity contribution in [1.29, 1.82) is 0 Å². The first-order valence-electron chi connectivity index (χ1n) is 47.8. The quantitative estimate of drug-likeness (QED) is 0.0460. The second-order valence-corrected chi connectivity index (χ2v) is 36.4. The molecule has 4 N–H and O–H groups in total. The molecule has 5 heterocycles. The monoisotopic (exact) mass is 2210 g/mol. The van der Waals surface area contributed by atoms with Gasteiger partial charge in [0.15, 0.2) is 0 Å². The van der Waals surface area contributed by atoms with Gasteiger partial charge in [-0.3, -0.25) is 4.90 Å². The van der Waals surface area contributed by atoms with Crippen molar-refractivity contribution < 1.29 is 76.6 Å². The second-order valence-electron chi connectivity index (χ2n) is 36.4. The summed E-state index contributed by atoms with van der Waals surface area (Å²) in [5.41, 5.74) is 24.8. The van der Waals surface area contributed by atoms with Crippen LogP contribution in [0.5, 0.6) is 23.0 Å². The molecule has 1 fully saturated rings. The molecule has 0 atom stereocenters. The van der Waals surface area contributed by atoms with E-state index in [1.165, 1.54) is 0 Å². The third-order valence-corrected chi connectivity index (χ3v) is 25.3. The molecule has 0 amide bonds. The minimum atomic E-state index is 0. The maximum atomic E-state index is 12.2. The van der Waals surface area contributed by atoms with Crippen molar-refractivity contribution >= 4 is 87.2 Å². The summed E-state index contributed by atoms with van der Waals surface area (Å²) >= 11 is 0. The predicted octanol–water partition coefficient (Wildman–Crippen LogP) is 29.9. The molecule has 22 aromatic rings. The van der Waals surface area contributed by atoms with Crippen LogP contribution in [0.25, 0.3) is 110 Å². The molecular weight excluding hydrogens is 2080 g/mol. The van der Waals surface area contributed by atoms with E-state index >= 15 is 0 Å². The van der Waals surface area contributed by atoms with Crippen LogP contribution in [0.1, 0.15) is 72.3 Å². The zero-order chi connectivity index (χ0) is 98.5. The number of phenolic OH excluding ortho intramolecular Hbond substituents is 4. The van der Waals surface area contributed by atoms with Crippen molar-refractivity contribution in [3.63, 3.8) is 0 Å². The molecule has 0 radical (unpaired) electrons. The van der Waals surface area contributed by atoms with Gasteiger partial charge in [0.2, 0.25) is 0 Å². The van der Waals surface area contributed by atoms with Gasteiger partial charge in [-0.2, -0.15) is 148 Å². The molecule has 0 unspecified atom stereocenters. The normalized spacial score (nSPS) is 11.8. The predicted molar refractivity (Wildman–Crippen MR) is 592 cm³/mol. The van der Waals surface area contributed by atoms with Crippen molar-refractivity contribution in [3.05, 3.63) is 551 Å². The van der Waals surface area contributed by atoms with Crippen LogP contribution >= 0.6 is 0 Å². The number of hydrogen-bond acceptors (Lipinski definition) is 7. The van der Waals surface area contributed by atoms with Crippen LogP contribution in [-0.4, -0.2) is 105 Å². The number of para-hydroxylation sites is 9. The molecule has 0 spiro atoms. The van der Waals surface area contributed by atoms with Gasteiger partial charge in [0.1, 0.15) is 23.0 Å². The summed E-state index contributed by atoms with van der Waals surface area (Å²) in [5, 5.41) is 57.6. The molecule has 23 rings (SSSR count). The minimum absolute atomic E-state index is 0. The van der Waals surface area contributed by atoms with Gasteiger partial charge in [0, 0.05) is 98.1 Å². The Hall–Kier alpha value is -14.8. The van der Waals surface area contributed by atoms with Crippen molar-refractivity contribution in [2.75, 3.05) is 47.3 Å². The molecule has 708 valence electrons. The average molecular weight is 2210 g/mol. The Kier molecular flexibility index (Phi) is 35.7. The Balaban J connectivity index is 0.000000159. The number of likely N-dealkylation sites (N-methyl/N-ethyl adjacent to an activating group) is 2. The van der Waals surface area contributed by atoms with Crippen LogP contribution in [-0.2, 0) is 77.9 Å². The van der Waals surface area contributed by atoms with Gasteiger partial charge in [-0.05, 0) is 144 Å². The van der Waals surface area contributed by atoms with E-state index in [-0.39, 0.29) is 63.2 Å². The van der Waals surface area contributed by atoms with Gasteiger partial charge >= 0.3 is 51.7 Å². The van der Waals surface area contributed by atoms with E-state index in [0.717, 1.165) is 208 Å². The molecule has 1 saturated heterocycles. The third kappa shape index (κ3) is 25.2. The maximum Gasteiger partial charge on any atom is 4.00 e. The largest absolute Gasteiger partial charge is 4.00 e. The molecule has 0 bridgehead atoms. The number of rotatable bonds is 15. The Morgan fingerprint density at radius 3 is 0.727 bits per heavy atom. The summed E-state index contributed by atoms with van der Waals surface area (Å²) in [4.78, 5) is 6.72. The van der Waals surface area contributed by atoms with E-state index in [9.17, 15) is 20.4 Å². The van der Waals surface area contributed by atoms with Crippen LogP contribution < -0.4 is 0 Å². The molecule has 4 aromatic heterocycles. The van der Waals surface area contributed by atoms with E-state index in [1.54, 1.807) is 0 Å². The fourth-order valence-corrected chi connectivity index (χ4v) is 18.8. The first kappa shape index (κ1) is 104. The van der Waals surface area contributed by atoms with Crippen LogP contribution in [0.15, 0.2) is 431 Å². The van der Waals surface area contributed by atoms with Crippen molar-refractivity contribution in [2.45, 2.75) is 47.0 Å². The first-order valence-corrected chi connectivity index (χ1v) is 47.8. The summed E-state index contributed by atoms with van der Waals surface area (Å²) < 4.78 is 9.32. The summed E-state index contributed by atoms with van der Waals surface area (Å²) in [5.74, 6) is 1.13. The molecule has 1 aliphatic heterocycles. The third-order valence-electron chi connectivity index (χ3n) is 25.3. The molecule has 14 heteroatoms. The Morgan fingerprint density at radius 2 is 0.490 bits per heavy atom. The number of aryl methyl sites for hydroxylation is 3. The number of aromatic nitrogens is 4. The van der Waals surface area contributed by atoms with E-state index in [2.05, 4.69) is 329 Å². The van der Waals surface area contributed by atoms with Crippen LogP contribution in [0.2, 0.25) is 0 Å². The Labute approximate surface area is 880 Å². The van der Waals surface area contributed by atoms with Gasteiger partial charge < -0.3 is 53.0 Å². The average Bonchev–Trinajstić information content (AvgIpc) is 1.61. The molecule has 18 aromatic carbocycles. The fraction of sp³-hybridized carbons (Fsp3) is 0.109. The number of hydrogen-bond donors (Lipinski definition) is 4. The van der Waals surface area contributed by atoms with Gasteiger partial charge in [0.25, 0.3) is 0 Å². The molecule has 12 nitrogen and oxygen atoms in total. The van der Waals surface area contributed by atoms with Crippen LogP contribution in [0.3, 0.4) is 0 Å². The summed E-state index contributed by atoms with van der Waals surface area (Å²) in [6.07, 6.45) is 0. The van der Waals surface area contributed by atoms with Gasteiger partial charge in [-0.15, -0.1) is 72.8 Å². The molecular formula is C129H122Hf2N8O4+2. The minimum Gasteiger partial charge on any atom is -0.505 e. The van der Waals surface area contributed by atoms with Gasteiger partial charge in [0.05, 0.1) is 86.5 Å². The summed E-state index contributed by atoms with van der Waals surface area (Å²) in [6, 6.07) is 145. The van der Waals surface area contributed by atoms with Gasteiger partial charge in [-0.25, -0.2) is 0 Å². The Bertz CT molecular complexity index is 7260.